The Kier molecular flexibility index (Phi) is 8.58. The fourth-order valence-electron chi connectivity index (χ4n) is 4.05. The van der Waals surface area contributed by atoms with Gasteiger partial charge in [0.2, 0.25) is 11.8 Å². The van der Waals surface area contributed by atoms with Gasteiger partial charge < -0.3 is 14.4 Å². The zero-order valence-corrected chi connectivity index (χ0v) is 18.5. The second kappa shape index (κ2) is 10.7. The Morgan fingerprint density at radius 2 is 1.86 bits per heavy atom. The summed E-state index contributed by atoms with van der Waals surface area (Å²) in [5.74, 6) is 0.724. The lowest BCUT2D eigenvalue weighted by atomic mass is 9.88. The third kappa shape index (κ3) is 6.11. The lowest BCUT2D eigenvalue weighted by molar-refractivity contribution is -0.146. The first-order valence-corrected chi connectivity index (χ1v) is 11.0. The van der Waals surface area contributed by atoms with Crippen LogP contribution in [-0.2, 0) is 23.2 Å². The van der Waals surface area contributed by atoms with E-state index >= 15 is 0 Å². The summed E-state index contributed by atoms with van der Waals surface area (Å²) in [6, 6.07) is 4.15. The van der Waals surface area contributed by atoms with Gasteiger partial charge in [0.25, 0.3) is 0 Å². The van der Waals surface area contributed by atoms with Crippen LogP contribution in [0.3, 0.4) is 0 Å². The highest BCUT2D eigenvalue weighted by Gasteiger charge is 2.31. The first-order valence-electron chi connectivity index (χ1n) is 11.0. The van der Waals surface area contributed by atoms with Gasteiger partial charge in [-0.05, 0) is 44.2 Å². The van der Waals surface area contributed by atoms with Gasteiger partial charge in [-0.15, -0.1) is 0 Å². The molecule has 2 rings (SSSR count). The van der Waals surface area contributed by atoms with Crippen molar-refractivity contribution in [1.82, 2.24) is 14.4 Å². The van der Waals surface area contributed by atoms with E-state index in [1.54, 1.807) is 0 Å². The zero-order valence-electron chi connectivity index (χ0n) is 18.5. The van der Waals surface area contributed by atoms with Crippen molar-refractivity contribution in [3.8, 4) is 0 Å². The van der Waals surface area contributed by atoms with Crippen LogP contribution in [0.1, 0.15) is 71.9 Å². The van der Waals surface area contributed by atoms with Crippen LogP contribution in [-0.4, -0.2) is 45.3 Å². The van der Waals surface area contributed by atoms with Gasteiger partial charge in [0.1, 0.15) is 6.54 Å². The summed E-state index contributed by atoms with van der Waals surface area (Å²) in [4.78, 5) is 30.2. The number of amides is 2. The number of nitrogens with zero attached hydrogens (tertiary/aromatic N) is 3. The number of hydrogen-bond acceptors (Lipinski definition) is 2. The molecule has 158 valence electrons. The molecule has 0 aliphatic heterocycles. The molecule has 1 atom stereocenters. The van der Waals surface area contributed by atoms with Crippen LogP contribution < -0.4 is 0 Å². The average Bonchev–Trinajstić information content (AvgIpc) is 3.09. The van der Waals surface area contributed by atoms with E-state index in [4.69, 9.17) is 0 Å². The largest absolute Gasteiger partial charge is 0.353 e. The fraction of sp³-hybridized carbons (Fsp3) is 0.739. The van der Waals surface area contributed by atoms with Gasteiger partial charge in [-0.1, -0.05) is 40.0 Å². The van der Waals surface area contributed by atoms with Gasteiger partial charge >= 0.3 is 0 Å². The number of hydrogen-bond donors (Lipinski definition) is 0. The normalized spacial score (nSPS) is 16.2. The molecule has 5 nitrogen and oxygen atoms in total. The molecule has 1 aliphatic rings. The first-order chi connectivity index (χ1) is 13.3. The lowest BCUT2D eigenvalue weighted by Crippen LogP contribution is -2.49. The Hall–Kier alpha value is -1.78. The molecule has 28 heavy (non-hydrogen) atoms. The third-order valence-corrected chi connectivity index (χ3v) is 6.01. The monoisotopic (exact) mass is 389 g/mol. The summed E-state index contributed by atoms with van der Waals surface area (Å²) in [5, 5.41) is 0. The summed E-state index contributed by atoms with van der Waals surface area (Å²) < 4.78 is 2.06. The molecule has 0 bridgehead atoms. The Morgan fingerprint density at radius 3 is 2.39 bits per heavy atom. The Labute approximate surface area is 171 Å². The highest BCUT2D eigenvalue weighted by Crippen LogP contribution is 2.26. The molecule has 1 fully saturated rings. The predicted octanol–water partition coefficient (Wildman–Crippen LogP) is 4.22. The van der Waals surface area contributed by atoms with Crippen molar-refractivity contribution in [2.75, 3.05) is 13.1 Å². The summed E-state index contributed by atoms with van der Waals surface area (Å²) in [5.41, 5.74) is 1.11. The Morgan fingerprint density at radius 1 is 1.18 bits per heavy atom. The van der Waals surface area contributed by atoms with E-state index in [1.165, 1.54) is 6.42 Å². The molecule has 1 aromatic rings. The predicted molar refractivity (Wildman–Crippen MR) is 114 cm³/mol. The van der Waals surface area contributed by atoms with E-state index in [0.29, 0.717) is 19.0 Å². The van der Waals surface area contributed by atoms with Crippen molar-refractivity contribution >= 4 is 11.8 Å². The quantitative estimate of drug-likeness (QED) is 0.635. The maximum atomic E-state index is 13.3. The van der Waals surface area contributed by atoms with Crippen molar-refractivity contribution in [1.29, 1.82) is 0 Å². The molecule has 1 unspecified atom stereocenters. The third-order valence-electron chi connectivity index (χ3n) is 6.01. The molecular formula is C23H39N3O2. The molecule has 1 aromatic heterocycles. The van der Waals surface area contributed by atoms with E-state index in [2.05, 4.69) is 38.3 Å². The standard InChI is InChI=1S/C23H39N3O2/c1-6-19(4)26(23(28)20-11-8-7-9-12-20)17-22(27)25(15-18(2)3)16-21-13-10-14-24(21)5/h10,13-14,18-20H,6-9,11-12,15-17H2,1-5H3. The summed E-state index contributed by atoms with van der Waals surface area (Å²) in [7, 11) is 2.01. The number of carbonyl (C=O) groups excluding carboxylic acids is 2. The van der Waals surface area contributed by atoms with E-state index in [9.17, 15) is 9.59 Å². The van der Waals surface area contributed by atoms with E-state index in [0.717, 1.165) is 37.8 Å². The topological polar surface area (TPSA) is 45.6 Å². The minimum absolute atomic E-state index is 0.0550. The highest BCUT2D eigenvalue weighted by atomic mass is 16.2. The molecule has 0 spiro atoms. The van der Waals surface area contributed by atoms with Crippen LogP contribution in [0.25, 0.3) is 0 Å². The van der Waals surface area contributed by atoms with Gasteiger partial charge in [0.15, 0.2) is 0 Å². The average molecular weight is 390 g/mol. The number of carbonyl (C=O) groups is 2. The highest BCUT2D eigenvalue weighted by molar-refractivity contribution is 5.86. The van der Waals surface area contributed by atoms with Crippen LogP contribution in [0.4, 0.5) is 0 Å². The van der Waals surface area contributed by atoms with Crippen molar-refractivity contribution in [2.45, 2.75) is 78.8 Å². The van der Waals surface area contributed by atoms with E-state index < -0.39 is 0 Å². The van der Waals surface area contributed by atoms with Crippen LogP contribution >= 0.6 is 0 Å². The van der Waals surface area contributed by atoms with Gasteiger partial charge in [0.05, 0.1) is 6.54 Å². The maximum Gasteiger partial charge on any atom is 0.242 e. The molecule has 0 saturated heterocycles. The van der Waals surface area contributed by atoms with Crippen molar-refractivity contribution in [3.05, 3.63) is 24.0 Å². The molecule has 1 aliphatic carbocycles. The molecule has 0 N–H and O–H groups in total. The second-order valence-electron chi connectivity index (χ2n) is 8.84. The minimum atomic E-state index is 0.0550. The van der Waals surface area contributed by atoms with Gasteiger partial charge in [-0.25, -0.2) is 0 Å². The van der Waals surface area contributed by atoms with Crippen LogP contribution in [0.5, 0.6) is 0 Å². The van der Waals surface area contributed by atoms with Crippen LogP contribution in [0.15, 0.2) is 18.3 Å². The van der Waals surface area contributed by atoms with Crippen molar-refractivity contribution in [3.63, 3.8) is 0 Å². The molecule has 1 heterocycles. The summed E-state index contributed by atoms with van der Waals surface area (Å²) in [6.45, 7) is 9.91. The smallest absolute Gasteiger partial charge is 0.242 e. The lowest BCUT2D eigenvalue weighted by Gasteiger charge is -2.35. The second-order valence-corrected chi connectivity index (χ2v) is 8.84. The number of aromatic nitrogens is 1. The van der Waals surface area contributed by atoms with Crippen LogP contribution in [0, 0.1) is 11.8 Å². The van der Waals surface area contributed by atoms with E-state index in [-0.39, 0.29) is 30.3 Å². The Bertz CT molecular complexity index is 632. The molecular weight excluding hydrogens is 350 g/mol. The van der Waals surface area contributed by atoms with Gasteiger partial charge in [0, 0.05) is 37.4 Å². The van der Waals surface area contributed by atoms with Gasteiger partial charge in [-0.2, -0.15) is 0 Å². The fourth-order valence-corrected chi connectivity index (χ4v) is 4.05. The molecule has 0 aromatic carbocycles. The maximum absolute atomic E-state index is 13.3. The molecule has 1 saturated carbocycles. The molecule has 2 amide bonds. The van der Waals surface area contributed by atoms with Crippen LogP contribution in [0.2, 0.25) is 0 Å². The van der Waals surface area contributed by atoms with E-state index in [1.807, 2.05) is 29.1 Å². The first kappa shape index (κ1) is 22.5. The number of rotatable bonds is 9. The van der Waals surface area contributed by atoms with Crippen molar-refractivity contribution in [2.24, 2.45) is 18.9 Å². The van der Waals surface area contributed by atoms with Crippen molar-refractivity contribution < 1.29 is 9.59 Å². The Balaban J connectivity index is 2.13. The SMILES string of the molecule is CCC(C)N(CC(=O)N(Cc1cccn1C)CC(C)C)C(=O)C1CCCCC1. The minimum Gasteiger partial charge on any atom is -0.353 e. The summed E-state index contributed by atoms with van der Waals surface area (Å²) in [6.07, 6.45) is 8.30. The summed E-state index contributed by atoms with van der Waals surface area (Å²) >= 11 is 0. The molecule has 5 heteroatoms. The zero-order chi connectivity index (χ0) is 20.7. The van der Waals surface area contributed by atoms with Gasteiger partial charge in [-0.3, -0.25) is 9.59 Å². The number of aryl methyl sites for hydroxylation is 1. The molecule has 0 radical (unpaired) electrons.